The van der Waals surface area contributed by atoms with Gasteiger partial charge in [0.25, 0.3) is 0 Å². The molecule has 7 heteroatoms. The molecule has 0 spiro atoms. The second kappa shape index (κ2) is 5.86. The Morgan fingerprint density at radius 2 is 2.13 bits per heavy atom. The van der Waals surface area contributed by atoms with Crippen LogP contribution in [0.15, 0.2) is 0 Å². The van der Waals surface area contributed by atoms with E-state index in [1.54, 1.807) is 0 Å². The normalized spacial score (nSPS) is 31.7. The number of esters is 1. The molecule has 15 heavy (non-hydrogen) atoms. The lowest BCUT2D eigenvalue weighted by Gasteiger charge is -2.30. The predicted octanol–water partition coefficient (Wildman–Crippen LogP) is 0.192. The van der Waals surface area contributed by atoms with Gasteiger partial charge in [0.15, 0.2) is 6.29 Å². The Bertz CT molecular complexity index is 223. The summed E-state index contributed by atoms with van der Waals surface area (Å²) in [5.41, 5.74) is 0. The summed E-state index contributed by atoms with van der Waals surface area (Å²) in [7, 11) is 0. The molecule has 0 radical (unpaired) electrons. The molecule has 1 fully saturated rings. The van der Waals surface area contributed by atoms with Crippen LogP contribution in [0.3, 0.4) is 0 Å². The van der Waals surface area contributed by atoms with Gasteiger partial charge in [0.2, 0.25) is 4.84 Å². The van der Waals surface area contributed by atoms with Crippen LogP contribution < -0.4 is 0 Å². The Labute approximate surface area is 96.9 Å². The first kappa shape index (κ1) is 13.0. The van der Waals surface area contributed by atoms with Crippen molar-refractivity contribution in [2.45, 2.75) is 36.2 Å². The van der Waals surface area contributed by atoms with Crippen LogP contribution in [0.1, 0.15) is 12.8 Å². The lowest BCUT2D eigenvalue weighted by atomic mass is 10.1. The second-order valence-corrected chi connectivity index (χ2v) is 4.30. The number of carbonyl (C=O) groups excluding carboxylic acids is 1. The van der Waals surface area contributed by atoms with Crippen LogP contribution in [0.5, 0.6) is 0 Å². The van der Waals surface area contributed by atoms with Gasteiger partial charge in [-0.15, -0.1) is 0 Å². The number of hydrogen-bond acceptors (Lipinski definition) is 5. The summed E-state index contributed by atoms with van der Waals surface area (Å²) in [6.07, 6.45) is -1.66. The minimum atomic E-state index is -1.25. The van der Waals surface area contributed by atoms with E-state index in [0.717, 1.165) is 0 Å². The van der Waals surface area contributed by atoms with Crippen molar-refractivity contribution < 1.29 is 24.5 Å². The lowest BCUT2D eigenvalue weighted by Crippen LogP contribution is -2.42. The van der Waals surface area contributed by atoms with Gasteiger partial charge in [-0.05, 0) is 6.42 Å². The zero-order chi connectivity index (χ0) is 11.4. The van der Waals surface area contributed by atoms with Gasteiger partial charge in [-0.25, -0.2) is 4.79 Å². The average molecular weight is 259 g/mol. The number of halogens is 2. The zero-order valence-corrected chi connectivity index (χ0v) is 9.32. The van der Waals surface area contributed by atoms with Crippen molar-refractivity contribution in [3.8, 4) is 0 Å². The first-order chi connectivity index (χ1) is 7.00. The fourth-order valence-electron chi connectivity index (χ4n) is 1.24. The van der Waals surface area contributed by atoms with Crippen LogP contribution in [-0.4, -0.2) is 46.1 Å². The molecular weight excluding hydrogens is 247 g/mol. The van der Waals surface area contributed by atoms with E-state index < -0.39 is 29.3 Å². The van der Waals surface area contributed by atoms with E-state index >= 15 is 0 Å². The fourth-order valence-corrected chi connectivity index (χ4v) is 1.36. The van der Waals surface area contributed by atoms with Crippen LogP contribution in [-0.2, 0) is 14.3 Å². The Kier molecular flexibility index (Phi) is 5.08. The maximum absolute atomic E-state index is 10.9. The molecule has 0 amide bonds. The number of carbonyl (C=O) groups is 1. The number of hydrogen-bond donors (Lipinski definition) is 2. The molecule has 5 nitrogen and oxygen atoms in total. The monoisotopic (exact) mass is 258 g/mol. The number of alkyl halides is 2. The summed E-state index contributed by atoms with van der Waals surface area (Å²) in [5.74, 6) is -0.797. The summed E-state index contributed by atoms with van der Waals surface area (Å²) >= 11 is 10.5. The molecule has 1 unspecified atom stereocenters. The Balaban J connectivity index is 2.33. The van der Waals surface area contributed by atoms with E-state index in [0.29, 0.717) is 12.8 Å². The van der Waals surface area contributed by atoms with Crippen molar-refractivity contribution in [3.63, 3.8) is 0 Å². The van der Waals surface area contributed by atoms with E-state index in [1.165, 1.54) is 0 Å². The summed E-state index contributed by atoms with van der Waals surface area (Å²) in [5, 5.41) is 18.6. The molecule has 2 N–H and O–H groups in total. The van der Waals surface area contributed by atoms with Crippen LogP contribution in [0, 0.1) is 0 Å². The predicted molar refractivity (Wildman–Crippen MR) is 52.6 cm³/mol. The molecule has 1 rings (SSSR count). The van der Waals surface area contributed by atoms with Crippen molar-refractivity contribution in [2.75, 3.05) is 6.61 Å². The van der Waals surface area contributed by atoms with Gasteiger partial charge < -0.3 is 19.7 Å². The van der Waals surface area contributed by atoms with Gasteiger partial charge in [-0.1, -0.05) is 23.2 Å². The third-order valence-electron chi connectivity index (χ3n) is 2.04. The zero-order valence-electron chi connectivity index (χ0n) is 7.81. The molecule has 1 aliphatic rings. The summed E-state index contributed by atoms with van der Waals surface area (Å²) in [6.45, 7) is -0.174. The smallest absolute Gasteiger partial charge is 0.339 e. The first-order valence-corrected chi connectivity index (χ1v) is 5.34. The van der Waals surface area contributed by atoms with Crippen molar-refractivity contribution in [1.82, 2.24) is 0 Å². The van der Waals surface area contributed by atoms with Gasteiger partial charge in [0.05, 0.1) is 6.10 Å². The largest absolute Gasteiger partial charge is 0.461 e. The lowest BCUT2D eigenvalue weighted by molar-refractivity contribution is -0.212. The van der Waals surface area contributed by atoms with Crippen molar-refractivity contribution >= 4 is 29.2 Å². The molecule has 1 aliphatic heterocycles. The van der Waals surface area contributed by atoms with E-state index in [2.05, 4.69) is 4.74 Å². The van der Waals surface area contributed by atoms with E-state index in [4.69, 9.17) is 33.0 Å². The number of aliphatic hydroxyl groups excluding tert-OH is 2. The number of ether oxygens (including phenoxy) is 2. The first-order valence-electron chi connectivity index (χ1n) is 4.47. The molecule has 0 saturated carbocycles. The molecular formula is C8H12Cl2O5. The van der Waals surface area contributed by atoms with Crippen LogP contribution in [0.25, 0.3) is 0 Å². The second-order valence-electron chi connectivity index (χ2n) is 3.20. The molecule has 3 atom stereocenters. The highest BCUT2D eigenvalue weighted by atomic mass is 35.5. The molecule has 0 aliphatic carbocycles. The minimum Gasteiger partial charge on any atom is -0.461 e. The molecule has 1 saturated heterocycles. The number of rotatable bonds is 3. The van der Waals surface area contributed by atoms with Gasteiger partial charge in [-0.3, -0.25) is 0 Å². The maximum atomic E-state index is 10.9. The molecule has 0 aromatic heterocycles. The summed E-state index contributed by atoms with van der Waals surface area (Å²) in [6, 6.07) is 0. The van der Waals surface area contributed by atoms with Gasteiger partial charge in [0.1, 0.15) is 12.7 Å². The van der Waals surface area contributed by atoms with Crippen molar-refractivity contribution in [3.05, 3.63) is 0 Å². The van der Waals surface area contributed by atoms with Gasteiger partial charge in [0, 0.05) is 6.42 Å². The standard InChI is InChI=1S/C8H12Cl2O5/c9-7(10)8(13)14-3-5-4(11)1-2-6(12)15-5/h4-7,11-12H,1-3H2/t4-,5?,6+/m0/s1. The highest BCUT2D eigenvalue weighted by Crippen LogP contribution is 2.18. The maximum Gasteiger partial charge on any atom is 0.339 e. The SMILES string of the molecule is O=C(OCC1O[C@@H](O)CC[C@@H]1O)C(Cl)Cl. The van der Waals surface area contributed by atoms with Crippen molar-refractivity contribution in [2.24, 2.45) is 0 Å². The fraction of sp³-hybridized carbons (Fsp3) is 0.875. The highest BCUT2D eigenvalue weighted by molar-refractivity contribution is 6.52. The third kappa shape index (κ3) is 4.12. The topological polar surface area (TPSA) is 76.0 Å². The highest BCUT2D eigenvalue weighted by Gasteiger charge is 2.30. The average Bonchev–Trinajstić information content (AvgIpc) is 2.18. The molecule has 1 heterocycles. The van der Waals surface area contributed by atoms with Crippen molar-refractivity contribution in [1.29, 1.82) is 0 Å². The summed E-state index contributed by atoms with van der Waals surface area (Å²) in [4.78, 5) is 9.63. The Morgan fingerprint density at radius 1 is 1.47 bits per heavy atom. The number of aliphatic hydroxyl groups is 2. The van der Waals surface area contributed by atoms with Crippen LogP contribution >= 0.6 is 23.2 Å². The van der Waals surface area contributed by atoms with E-state index in [9.17, 15) is 9.90 Å². The Hall–Kier alpha value is -0.0700. The minimum absolute atomic E-state index is 0.174. The quantitative estimate of drug-likeness (QED) is 0.559. The van der Waals surface area contributed by atoms with E-state index in [1.807, 2.05) is 0 Å². The van der Waals surface area contributed by atoms with Crippen LogP contribution in [0.4, 0.5) is 0 Å². The molecule has 0 aromatic carbocycles. The third-order valence-corrected chi connectivity index (χ3v) is 2.39. The molecule has 0 aromatic rings. The van der Waals surface area contributed by atoms with Crippen LogP contribution in [0.2, 0.25) is 0 Å². The van der Waals surface area contributed by atoms with Gasteiger partial charge in [-0.2, -0.15) is 0 Å². The molecule has 88 valence electrons. The Morgan fingerprint density at radius 3 is 2.73 bits per heavy atom. The summed E-state index contributed by atoms with van der Waals surface area (Å²) < 4.78 is 9.63. The van der Waals surface area contributed by atoms with E-state index in [-0.39, 0.29) is 6.61 Å². The molecule has 0 bridgehead atoms. The van der Waals surface area contributed by atoms with Gasteiger partial charge >= 0.3 is 5.97 Å².